The summed E-state index contributed by atoms with van der Waals surface area (Å²) in [7, 11) is 0. The van der Waals surface area contributed by atoms with Gasteiger partial charge in [0.05, 0.1) is 0 Å². The topological polar surface area (TPSA) is 26.0 Å². The van der Waals surface area contributed by atoms with Crippen LogP contribution in [0.3, 0.4) is 0 Å². The highest BCUT2D eigenvalue weighted by atomic mass is 19.1. The molecule has 0 atom stereocenters. The van der Waals surface area contributed by atoms with Gasteiger partial charge in [-0.25, -0.2) is 4.39 Å². The first kappa shape index (κ1) is 9.66. The minimum Gasteiger partial charge on any atom is -0.330 e. The van der Waals surface area contributed by atoms with Gasteiger partial charge < -0.3 is 5.73 Å². The monoisotopic (exact) mass is 193 g/mol. The second kappa shape index (κ2) is 3.70. The van der Waals surface area contributed by atoms with Crippen molar-refractivity contribution in [2.75, 3.05) is 6.54 Å². The first-order valence-corrected chi connectivity index (χ1v) is 5.19. The number of halogens is 1. The Labute approximate surface area is 84.1 Å². The third kappa shape index (κ3) is 2.32. The van der Waals surface area contributed by atoms with E-state index in [9.17, 15) is 4.39 Å². The molecule has 1 saturated carbocycles. The standard InChI is InChI=1S/C12H16FN/c13-12(5-6-12)9-11-3-1-2-10(8-11)4-7-14/h1-3,8H,4-7,9,14H2. The number of hydrogen-bond acceptors (Lipinski definition) is 1. The summed E-state index contributed by atoms with van der Waals surface area (Å²) in [5.41, 5.74) is 6.91. The third-order valence-corrected chi connectivity index (χ3v) is 2.74. The maximum atomic E-state index is 13.5. The van der Waals surface area contributed by atoms with Crippen molar-refractivity contribution < 1.29 is 4.39 Å². The van der Waals surface area contributed by atoms with Gasteiger partial charge in [0.2, 0.25) is 0 Å². The molecule has 1 nitrogen and oxygen atoms in total. The van der Waals surface area contributed by atoms with E-state index in [1.165, 1.54) is 5.56 Å². The van der Waals surface area contributed by atoms with Crippen molar-refractivity contribution in [1.29, 1.82) is 0 Å². The molecule has 1 aromatic carbocycles. The van der Waals surface area contributed by atoms with Crippen LogP contribution in [-0.2, 0) is 12.8 Å². The van der Waals surface area contributed by atoms with E-state index in [4.69, 9.17) is 5.73 Å². The van der Waals surface area contributed by atoms with Crippen molar-refractivity contribution in [2.24, 2.45) is 5.73 Å². The molecule has 2 rings (SSSR count). The van der Waals surface area contributed by atoms with E-state index < -0.39 is 5.67 Å². The number of nitrogens with two attached hydrogens (primary N) is 1. The molecule has 1 aliphatic carbocycles. The third-order valence-electron chi connectivity index (χ3n) is 2.74. The molecule has 2 heteroatoms. The summed E-state index contributed by atoms with van der Waals surface area (Å²) >= 11 is 0. The maximum Gasteiger partial charge on any atom is 0.115 e. The van der Waals surface area contributed by atoms with Crippen molar-refractivity contribution in [1.82, 2.24) is 0 Å². The number of alkyl halides is 1. The van der Waals surface area contributed by atoms with Gasteiger partial charge in [0.1, 0.15) is 5.67 Å². The van der Waals surface area contributed by atoms with E-state index in [-0.39, 0.29) is 0 Å². The summed E-state index contributed by atoms with van der Waals surface area (Å²) in [6.07, 6.45) is 2.92. The summed E-state index contributed by atoms with van der Waals surface area (Å²) < 4.78 is 13.5. The molecule has 0 aromatic heterocycles. The van der Waals surface area contributed by atoms with E-state index in [0.717, 1.165) is 24.8 Å². The highest BCUT2D eigenvalue weighted by molar-refractivity contribution is 5.26. The predicted molar refractivity (Wildman–Crippen MR) is 56.0 cm³/mol. The van der Waals surface area contributed by atoms with E-state index in [0.29, 0.717) is 13.0 Å². The Hall–Kier alpha value is -0.890. The van der Waals surface area contributed by atoms with Crippen LogP contribution in [0.4, 0.5) is 4.39 Å². The lowest BCUT2D eigenvalue weighted by atomic mass is 10.0. The maximum absolute atomic E-state index is 13.5. The van der Waals surface area contributed by atoms with Crippen molar-refractivity contribution in [3.8, 4) is 0 Å². The average molecular weight is 193 g/mol. The largest absolute Gasteiger partial charge is 0.330 e. The van der Waals surface area contributed by atoms with Gasteiger partial charge in [-0.1, -0.05) is 24.3 Å². The minimum atomic E-state index is -0.888. The van der Waals surface area contributed by atoms with E-state index in [1.54, 1.807) is 0 Å². The smallest absolute Gasteiger partial charge is 0.115 e. The molecule has 0 amide bonds. The van der Waals surface area contributed by atoms with E-state index in [1.807, 2.05) is 18.2 Å². The normalized spacial score (nSPS) is 18.1. The predicted octanol–water partition coefficient (Wildman–Crippen LogP) is 2.23. The highest BCUT2D eigenvalue weighted by Gasteiger charge is 2.42. The molecular weight excluding hydrogens is 177 g/mol. The Morgan fingerprint density at radius 3 is 2.64 bits per heavy atom. The quantitative estimate of drug-likeness (QED) is 0.779. The fourth-order valence-electron chi connectivity index (χ4n) is 1.74. The summed E-state index contributed by atoms with van der Waals surface area (Å²) in [5.74, 6) is 0. The van der Waals surface area contributed by atoms with Crippen LogP contribution in [0.5, 0.6) is 0 Å². The molecule has 0 aliphatic heterocycles. The molecule has 14 heavy (non-hydrogen) atoms. The zero-order valence-electron chi connectivity index (χ0n) is 8.30. The van der Waals surface area contributed by atoms with Crippen LogP contribution in [0, 0.1) is 0 Å². The molecule has 2 N–H and O–H groups in total. The van der Waals surface area contributed by atoms with Gasteiger partial charge in [0, 0.05) is 6.42 Å². The van der Waals surface area contributed by atoms with Crippen LogP contribution in [0.1, 0.15) is 24.0 Å². The van der Waals surface area contributed by atoms with Gasteiger partial charge in [-0.2, -0.15) is 0 Å². The van der Waals surface area contributed by atoms with Crippen molar-refractivity contribution in [3.63, 3.8) is 0 Å². The minimum absolute atomic E-state index is 0.575. The van der Waals surface area contributed by atoms with Crippen molar-refractivity contribution in [3.05, 3.63) is 35.4 Å². The van der Waals surface area contributed by atoms with Crippen molar-refractivity contribution >= 4 is 0 Å². The second-order valence-corrected chi connectivity index (χ2v) is 4.19. The molecule has 1 aliphatic rings. The Morgan fingerprint density at radius 2 is 2.00 bits per heavy atom. The lowest BCUT2D eigenvalue weighted by molar-refractivity contribution is 0.308. The van der Waals surface area contributed by atoms with E-state index in [2.05, 4.69) is 6.07 Å². The van der Waals surface area contributed by atoms with E-state index >= 15 is 0 Å². The average Bonchev–Trinajstić information content (AvgIpc) is 2.84. The molecule has 0 bridgehead atoms. The summed E-state index contributed by atoms with van der Waals surface area (Å²) in [5, 5.41) is 0. The van der Waals surface area contributed by atoms with Crippen LogP contribution in [0.25, 0.3) is 0 Å². The molecular formula is C12H16FN. The molecule has 76 valence electrons. The molecule has 1 aromatic rings. The van der Waals surface area contributed by atoms with Crippen molar-refractivity contribution in [2.45, 2.75) is 31.4 Å². The Kier molecular flexibility index (Phi) is 2.55. The zero-order chi connectivity index (χ0) is 10.0. The van der Waals surface area contributed by atoms with Crippen LogP contribution in [0.15, 0.2) is 24.3 Å². The SMILES string of the molecule is NCCc1cccc(CC2(F)CC2)c1. The fraction of sp³-hybridized carbons (Fsp3) is 0.500. The first-order valence-electron chi connectivity index (χ1n) is 5.19. The fourth-order valence-corrected chi connectivity index (χ4v) is 1.74. The van der Waals surface area contributed by atoms with Crippen LogP contribution in [-0.4, -0.2) is 12.2 Å². The highest BCUT2D eigenvalue weighted by Crippen LogP contribution is 2.42. The summed E-state index contributed by atoms with van der Waals surface area (Å²) in [4.78, 5) is 0. The van der Waals surface area contributed by atoms with Crippen LogP contribution >= 0.6 is 0 Å². The van der Waals surface area contributed by atoms with Gasteiger partial charge in [0.15, 0.2) is 0 Å². The molecule has 0 spiro atoms. The van der Waals surface area contributed by atoms with Gasteiger partial charge in [0.25, 0.3) is 0 Å². The summed E-state index contributed by atoms with van der Waals surface area (Å²) in [6.45, 7) is 0.657. The molecule has 0 radical (unpaired) electrons. The van der Waals surface area contributed by atoms with Crippen LogP contribution < -0.4 is 5.73 Å². The molecule has 1 fully saturated rings. The molecule has 0 unspecified atom stereocenters. The second-order valence-electron chi connectivity index (χ2n) is 4.19. The Morgan fingerprint density at radius 1 is 1.29 bits per heavy atom. The lowest BCUT2D eigenvalue weighted by Gasteiger charge is -2.06. The first-order chi connectivity index (χ1) is 6.72. The Bertz CT molecular complexity index is 318. The van der Waals surface area contributed by atoms with Gasteiger partial charge in [-0.3, -0.25) is 0 Å². The van der Waals surface area contributed by atoms with Crippen LogP contribution in [0.2, 0.25) is 0 Å². The van der Waals surface area contributed by atoms with Gasteiger partial charge in [-0.05, 0) is 36.9 Å². The number of benzene rings is 1. The molecule has 0 saturated heterocycles. The summed E-state index contributed by atoms with van der Waals surface area (Å²) in [6, 6.07) is 8.12. The van der Waals surface area contributed by atoms with Gasteiger partial charge in [-0.15, -0.1) is 0 Å². The number of hydrogen-bond donors (Lipinski definition) is 1. The Balaban J connectivity index is 2.06. The zero-order valence-corrected chi connectivity index (χ0v) is 8.30. The molecule has 0 heterocycles. The van der Waals surface area contributed by atoms with Gasteiger partial charge >= 0.3 is 0 Å². The lowest BCUT2D eigenvalue weighted by Crippen LogP contribution is -2.06. The number of rotatable bonds is 4.